The molecule has 4 nitrogen and oxygen atoms in total. The van der Waals surface area contributed by atoms with Crippen LogP contribution in [0.3, 0.4) is 0 Å². The van der Waals surface area contributed by atoms with Crippen molar-refractivity contribution in [2.75, 3.05) is 0 Å². The molecular weight excluding hydrogens is 242 g/mol. The van der Waals surface area contributed by atoms with Gasteiger partial charge in [0.25, 0.3) is 0 Å². The van der Waals surface area contributed by atoms with Crippen molar-refractivity contribution in [3.05, 3.63) is 0 Å². The van der Waals surface area contributed by atoms with Crippen molar-refractivity contribution in [2.45, 2.75) is 70.9 Å². The lowest BCUT2D eigenvalue weighted by molar-refractivity contribution is -0.155. The maximum Gasteiger partial charge on any atom is 0.307 e. The van der Waals surface area contributed by atoms with Crippen LogP contribution in [0.25, 0.3) is 0 Å². The number of hydrogen-bond acceptors (Lipinski definition) is 2. The number of rotatable bonds is 2. The Kier molecular flexibility index (Phi) is 4.48. The topological polar surface area (TPSA) is 57.6 Å². The summed E-state index contributed by atoms with van der Waals surface area (Å²) in [6.45, 7) is 4.18. The van der Waals surface area contributed by atoms with Gasteiger partial charge in [0.2, 0.25) is 5.91 Å². The van der Waals surface area contributed by atoms with Gasteiger partial charge in [-0.15, -0.1) is 0 Å². The molecule has 1 saturated heterocycles. The highest BCUT2D eigenvalue weighted by Crippen LogP contribution is 2.34. The van der Waals surface area contributed by atoms with Crippen LogP contribution >= 0.6 is 0 Å². The lowest BCUT2D eigenvalue weighted by Gasteiger charge is -2.42. The van der Waals surface area contributed by atoms with Gasteiger partial charge in [-0.1, -0.05) is 12.8 Å². The van der Waals surface area contributed by atoms with Gasteiger partial charge in [-0.2, -0.15) is 0 Å². The minimum absolute atomic E-state index is 0.0896. The van der Waals surface area contributed by atoms with Gasteiger partial charge in [-0.25, -0.2) is 0 Å². The minimum atomic E-state index is -0.796. The molecule has 4 heteroatoms. The highest BCUT2D eigenvalue weighted by atomic mass is 16.4. The summed E-state index contributed by atoms with van der Waals surface area (Å²) in [5.41, 5.74) is 0. The molecular formula is C15H25NO3. The number of carboxylic acid groups (broad SMARTS) is 1. The van der Waals surface area contributed by atoms with E-state index in [1.165, 1.54) is 6.42 Å². The van der Waals surface area contributed by atoms with Gasteiger partial charge in [0, 0.05) is 12.1 Å². The third-order valence-corrected chi connectivity index (χ3v) is 4.85. The normalized spacial score (nSPS) is 36.0. The predicted octanol–water partition coefficient (Wildman–Crippen LogP) is 2.67. The van der Waals surface area contributed by atoms with Gasteiger partial charge in [0.05, 0.1) is 11.8 Å². The first-order chi connectivity index (χ1) is 9.02. The summed E-state index contributed by atoms with van der Waals surface area (Å²) in [7, 11) is 0. The standard InChI is InChI=1S/C15H25NO3/c1-10-6-5-7-11(2)16(10)14(17)12-8-3-4-9-13(12)15(18)19/h10-13H,3-9H2,1-2H3,(H,18,19)/t10-,11+,12-,13+/m1/s1. The molecule has 1 N–H and O–H groups in total. The van der Waals surface area contributed by atoms with E-state index < -0.39 is 11.9 Å². The molecule has 4 atom stereocenters. The largest absolute Gasteiger partial charge is 0.481 e. The fourth-order valence-corrected chi connectivity index (χ4v) is 3.77. The lowest BCUT2D eigenvalue weighted by Crippen LogP contribution is -2.52. The average Bonchev–Trinajstić information content (AvgIpc) is 2.38. The van der Waals surface area contributed by atoms with Gasteiger partial charge in [0.15, 0.2) is 0 Å². The van der Waals surface area contributed by atoms with Crippen molar-refractivity contribution in [1.29, 1.82) is 0 Å². The summed E-state index contributed by atoms with van der Waals surface area (Å²) in [6.07, 6.45) is 6.57. The van der Waals surface area contributed by atoms with Crippen molar-refractivity contribution in [3.8, 4) is 0 Å². The smallest absolute Gasteiger partial charge is 0.307 e. The van der Waals surface area contributed by atoms with Crippen LogP contribution in [0, 0.1) is 11.8 Å². The van der Waals surface area contributed by atoms with E-state index in [9.17, 15) is 14.7 Å². The Morgan fingerprint density at radius 2 is 1.42 bits per heavy atom. The Hall–Kier alpha value is -1.06. The van der Waals surface area contributed by atoms with Gasteiger partial charge in [-0.05, 0) is 46.0 Å². The van der Waals surface area contributed by atoms with Crippen molar-refractivity contribution in [3.63, 3.8) is 0 Å². The SMILES string of the molecule is C[C@@H]1CCC[C@H](C)N1C(=O)[C@@H]1CCCC[C@@H]1C(=O)O. The van der Waals surface area contributed by atoms with E-state index >= 15 is 0 Å². The first kappa shape index (κ1) is 14.4. The van der Waals surface area contributed by atoms with Gasteiger partial charge in [0.1, 0.15) is 0 Å². The zero-order chi connectivity index (χ0) is 14.0. The molecule has 0 aromatic carbocycles. The monoisotopic (exact) mass is 267 g/mol. The van der Waals surface area contributed by atoms with Crippen LogP contribution in [0.2, 0.25) is 0 Å². The van der Waals surface area contributed by atoms with E-state index in [1.54, 1.807) is 0 Å². The molecule has 1 heterocycles. The van der Waals surface area contributed by atoms with Gasteiger partial charge >= 0.3 is 5.97 Å². The minimum Gasteiger partial charge on any atom is -0.481 e. The molecule has 0 aromatic heterocycles. The maximum absolute atomic E-state index is 12.8. The molecule has 108 valence electrons. The second-order valence-electron chi connectivity index (χ2n) is 6.21. The van der Waals surface area contributed by atoms with E-state index in [0.29, 0.717) is 6.42 Å². The number of piperidine rings is 1. The number of nitrogens with zero attached hydrogens (tertiary/aromatic N) is 1. The second-order valence-corrected chi connectivity index (χ2v) is 6.21. The van der Waals surface area contributed by atoms with E-state index in [0.717, 1.165) is 32.1 Å². The molecule has 1 aliphatic carbocycles. The fraction of sp³-hybridized carbons (Fsp3) is 0.867. The maximum atomic E-state index is 12.8. The van der Waals surface area contributed by atoms with E-state index in [4.69, 9.17) is 0 Å². The number of carboxylic acids is 1. The van der Waals surface area contributed by atoms with Crippen molar-refractivity contribution in [2.24, 2.45) is 11.8 Å². The Labute approximate surface area is 115 Å². The summed E-state index contributed by atoms with van der Waals surface area (Å²) < 4.78 is 0. The number of likely N-dealkylation sites (tertiary alicyclic amines) is 1. The third-order valence-electron chi connectivity index (χ3n) is 4.85. The van der Waals surface area contributed by atoms with Crippen LogP contribution in [0.5, 0.6) is 0 Å². The molecule has 0 aromatic rings. The van der Waals surface area contributed by atoms with E-state index in [2.05, 4.69) is 13.8 Å². The zero-order valence-electron chi connectivity index (χ0n) is 12.0. The van der Waals surface area contributed by atoms with Crippen LogP contribution in [-0.2, 0) is 9.59 Å². The predicted molar refractivity (Wildman–Crippen MR) is 72.7 cm³/mol. The molecule has 0 unspecified atom stereocenters. The first-order valence-corrected chi connectivity index (χ1v) is 7.57. The Balaban J connectivity index is 2.14. The Bertz CT molecular complexity index is 345. The highest BCUT2D eigenvalue weighted by Gasteiger charge is 2.40. The number of amides is 1. The van der Waals surface area contributed by atoms with Gasteiger partial charge in [-0.3, -0.25) is 9.59 Å². The Morgan fingerprint density at radius 1 is 0.895 bits per heavy atom. The quantitative estimate of drug-likeness (QED) is 0.836. The van der Waals surface area contributed by atoms with Crippen LogP contribution < -0.4 is 0 Å². The van der Waals surface area contributed by atoms with Crippen molar-refractivity contribution < 1.29 is 14.7 Å². The molecule has 0 bridgehead atoms. The van der Waals surface area contributed by atoms with Crippen LogP contribution in [0.15, 0.2) is 0 Å². The van der Waals surface area contributed by atoms with Crippen molar-refractivity contribution in [1.82, 2.24) is 4.90 Å². The summed E-state index contributed by atoms with van der Waals surface area (Å²) in [5.74, 6) is -1.47. The Morgan fingerprint density at radius 3 is 1.95 bits per heavy atom. The molecule has 0 spiro atoms. The van der Waals surface area contributed by atoms with Crippen LogP contribution in [0.1, 0.15) is 58.8 Å². The second kappa shape index (κ2) is 5.93. The molecule has 19 heavy (non-hydrogen) atoms. The summed E-state index contributed by atoms with van der Waals surface area (Å²) in [5, 5.41) is 9.32. The average molecular weight is 267 g/mol. The van der Waals surface area contributed by atoms with Gasteiger partial charge < -0.3 is 10.0 Å². The molecule has 0 radical (unpaired) electrons. The molecule has 2 aliphatic rings. The first-order valence-electron chi connectivity index (χ1n) is 7.57. The fourth-order valence-electron chi connectivity index (χ4n) is 3.77. The third kappa shape index (κ3) is 2.93. The molecule has 1 aliphatic heterocycles. The zero-order valence-corrected chi connectivity index (χ0v) is 12.0. The summed E-state index contributed by atoms with van der Waals surface area (Å²) in [6, 6.07) is 0.514. The summed E-state index contributed by atoms with van der Waals surface area (Å²) in [4.78, 5) is 26.1. The molecule has 2 fully saturated rings. The number of aliphatic carboxylic acids is 1. The summed E-state index contributed by atoms with van der Waals surface area (Å²) >= 11 is 0. The lowest BCUT2D eigenvalue weighted by atomic mass is 9.77. The molecule has 1 amide bonds. The molecule has 1 saturated carbocycles. The van der Waals surface area contributed by atoms with E-state index in [-0.39, 0.29) is 23.9 Å². The number of hydrogen-bond donors (Lipinski definition) is 1. The van der Waals surface area contributed by atoms with Crippen molar-refractivity contribution >= 4 is 11.9 Å². The van der Waals surface area contributed by atoms with Crippen LogP contribution in [-0.4, -0.2) is 34.0 Å². The molecule has 2 rings (SSSR count). The van der Waals surface area contributed by atoms with Crippen LogP contribution in [0.4, 0.5) is 0 Å². The number of carbonyl (C=O) groups is 2. The highest BCUT2D eigenvalue weighted by molar-refractivity contribution is 5.85. The number of carbonyl (C=O) groups excluding carboxylic acids is 1. The van der Waals surface area contributed by atoms with E-state index in [1.807, 2.05) is 4.90 Å².